The van der Waals surface area contributed by atoms with Crippen LogP contribution in [0.2, 0.25) is 0 Å². The standard InChI is InChI=1S/C19H20N2O4/c1-12-9-17(13(2)21(12)4)18(22)11-24-19(23)14(3)25-16-7-5-15(10-20)6-8-16/h5-9,14H,11H2,1-4H3/t14-/m0/s1. The number of nitrogens with zero attached hydrogens (tertiary/aromatic N) is 2. The Labute approximate surface area is 146 Å². The quantitative estimate of drug-likeness (QED) is 0.596. The highest BCUT2D eigenvalue weighted by Crippen LogP contribution is 2.15. The van der Waals surface area contributed by atoms with Crippen molar-refractivity contribution in [2.75, 3.05) is 6.61 Å². The number of carbonyl (C=O) groups is 2. The van der Waals surface area contributed by atoms with Crippen LogP contribution in [0.5, 0.6) is 5.75 Å². The molecule has 0 N–H and O–H groups in total. The minimum absolute atomic E-state index is 0.250. The van der Waals surface area contributed by atoms with Gasteiger partial charge >= 0.3 is 5.97 Å². The summed E-state index contributed by atoms with van der Waals surface area (Å²) in [5.41, 5.74) is 2.85. The van der Waals surface area contributed by atoms with E-state index in [1.165, 1.54) is 0 Å². The summed E-state index contributed by atoms with van der Waals surface area (Å²) in [4.78, 5) is 24.2. The Hall–Kier alpha value is -3.07. The number of aromatic nitrogens is 1. The lowest BCUT2D eigenvalue weighted by Gasteiger charge is -2.13. The van der Waals surface area contributed by atoms with Crippen LogP contribution in [0.15, 0.2) is 30.3 Å². The largest absolute Gasteiger partial charge is 0.479 e. The van der Waals surface area contributed by atoms with Crippen molar-refractivity contribution in [1.82, 2.24) is 4.57 Å². The number of carbonyl (C=O) groups excluding carboxylic acids is 2. The molecule has 25 heavy (non-hydrogen) atoms. The predicted octanol–water partition coefficient (Wildman–Crippen LogP) is 2.71. The molecule has 6 nitrogen and oxygen atoms in total. The zero-order chi connectivity index (χ0) is 18.6. The van der Waals surface area contributed by atoms with E-state index in [2.05, 4.69) is 0 Å². The molecule has 0 fully saturated rings. The van der Waals surface area contributed by atoms with Gasteiger partial charge in [0.25, 0.3) is 0 Å². The van der Waals surface area contributed by atoms with Crippen molar-refractivity contribution >= 4 is 11.8 Å². The van der Waals surface area contributed by atoms with Gasteiger partial charge in [0, 0.05) is 24.0 Å². The summed E-state index contributed by atoms with van der Waals surface area (Å²) >= 11 is 0. The maximum absolute atomic E-state index is 12.2. The molecule has 0 aliphatic carbocycles. The number of hydrogen-bond donors (Lipinski definition) is 0. The molecule has 2 rings (SSSR count). The van der Waals surface area contributed by atoms with Gasteiger partial charge in [-0.25, -0.2) is 4.79 Å². The molecule has 0 aliphatic heterocycles. The number of ketones is 1. The van der Waals surface area contributed by atoms with Crippen molar-refractivity contribution < 1.29 is 19.1 Å². The van der Waals surface area contributed by atoms with Gasteiger partial charge in [0.05, 0.1) is 11.6 Å². The van der Waals surface area contributed by atoms with Crippen molar-refractivity contribution in [2.24, 2.45) is 7.05 Å². The molecular weight excluding hydrogens is 320 g/mol. The molecule has 0 spiro atoms. The lowest BCUT2D eigenvalue weighted by molar-refractivity contribution is -0.149. The van der Waals surface area contributed by atoms with E-state index >= 15 is 0 Å². The van der Waals surface area contributed by atoms with Crippen molar-refractivity contribution in [3.8, 4) is 11.8 Å². The average Bonchev–Trinajstić information content (AvgIpc) is 2.87. The highest BCUT2D eigenvalue weighted by atomic mass is 16.6. The molecule has 0 saturated carbocycles. The number of rotatable bonds is 6. The van der Waals surface area contributed by atoms with E-state index in [1.807, 2.05) is 31.5 Å². The van der Waals surface area contributed by atoms with E-state index in [0.29, 0.717) is 16.9 Å². The van der Waals surface area contributed by atoms with Crippen molar-refractivity contribution in [2.45, 2.75) is 26.9 Å². The third-order valence-corrected chi connectivity index (χ3v) is 4.05. The lowest BCUT2D eigenvalue weighted by Crippen LogP contribution is -2.28. The van der Waals surface area contributed by atoms with Gasteiger partial charge in [-0.15, -0.1) is 0 Å². The van der Waals surface area contributed by atoms with E-state index in [4.69, 9.17) is 14.7 Å². The van der Waals surface area contributed by atoms with E-state index < -0.39 is 12.1 Å². The third-order valence-electron chi connectivity index (χ3n) is 4.05. The molecule has 1 aromatic carbocycles. The second-order valence-electron chi connectivity index (χ2n) is 5.77. The first kappa shape index (κ1) is 18.3. The normalized spacial score (nSPS) is 11.5. The molecule has 0 aliphatic rings. The van der Waals surface area contributed by atoms with Crippen molar-refractivity contribution in [3.05, 3.63) is 52.8 Å². The summed E-state index contributed by atoms with van der Waals surface area (Å²) in [7, 11) is 1.88. The van der Waals surface area contributed by atoms with Crippen LogP contribution in [0.4, 0.5) is 0 Å². The van der Waals surface area contributed by atoms with Gasteiger partial charge in [0.2, 0.25) is 5.78 Å². The Kier molecular flexibility index (Phi) is 5.60. The second kappa shape index (κ2) is 7.67. The smallest absolute Gasteiger partial charge is 0.347 e. The van der Waals surface area contributed by atoms with Gasteiger partial charge in [-0.3, -0.25) is 4.79 Å². The first-order valence-corrected chi connectivity index (χ1v) is 7.83. The highest BCUT2D eigenvalue weighted by molar-refractivity contribution is 5.99. The Morgan fingerprint density at radius 1 is 1.24 bits per heavy atom. The van der Waals surface area contributed by atoms with Gasteiger partial charge in [0.1, 0.15) is 5.75 Å². The molecule has 0 unspecified atom stereocenters. The fraction of sp³-hybridized carbons (Fsp3) is 0.316. The number of aryl methyl sites for hydroxylation is 1. The van der Waals surface area contributed by atoms with Gasteiger partial charge in [-0.05, 0) is 51.1 Å². The number of hydrogen-bond acceptors (Lipinski definition) is 5. The molecule has 0 saturated heterocycles. The number of nitriles is 1. The lowest BCUT2D eigenvalue weighted by atomic mass is 10.1. The molecule has 6 heteroatoms. The summed E-state index contributed by atoms with van der Waals surface area (Å²) in [6.07, 6.45) is -0.862. The Morgan fingerprint density at radius 3 is 2.40 bits per heavy atom. The zero-order valence-electron chi connectivity index (χ0n) is 14.7. The highest BCUT2D eigenvalue weighted by Gasteiger charge is 2.20. The Bertz CT molecular complexity index is 828. The van der Waals surface area contributed by atoms with Crippen molar-refractivity contribution in [1.29, 1.82) is 5.26 Å². The monoisotopic (exact) mass is 340 g/mol. The van der Waals surface area contributed by atoms with Crippen LogP contribution < -0.4 is 4.74 Å². The van der Waals surface area contributed by atoms with Crippen LogP contribution in [-0.4, -0.2) is 29.0 Å². The molecule has 0 radical (unpaired) electrons. The fourth-order valence-electron chi connectivity index (χ4n) is 2.33. The number of Topliss-reactive ketones (excluding diaryl/α,β-unsaturated/α-hetero) is 1. The number of ether oxygens (including phenoxy) is 2. The first-order chi connectivity index (χ1) is 11.8. The summed E-state index contributed by atoms with van der Waals surface area (Å²) in [6.45, 7) is 4.97. The summed E-state index contributed by atoms with van der Waals surface area (Å²) in [5, 5.41) is 8.75. The van der Waals surface area contributed by atoms with Crippen LogP contribution in [0.3, 0.4) is 0 Å². The van der Waals surface area contributed by atoms with Gasteiger partial charge < -0.3 is 14.0 Å². The summed E-state index contributed by atoms with van der Waals surface area (Å²) in [6, 6.07) is 10.2. The molecule has 1 aromatic heterocycles. The van der Waals surface area contributed by atoms with E-state index in [0.717, 1.165) is 11.4 Å². The van der Waals surface area contributed by atoms with Gasteiger partial charge in [0.15, 0.2) is 12.7 Å². The van der Waals surface area contributed by atoms with Crippen LogP contribution in [0, 0.1) is 25.2 Å². The third kappa shape index (κ3) is 4.27. The number of esters is 1. The van der Waals surface area contributed by atoms with Crippen LogP contribution in [0.25, 0.3) is 0 Å². The average molecular weight is 340 g/mol. The van der Waals surface area contributed by atoms with E-state index in [-0.39, 0.29) is 12.4 Å². The van der Waals surface area contributed by atoms with Gasteiger partial charge in [-0.1, -0.05) is 0 Å². The minimum Gasteiger partial charge on any atom is -0.479 e. The molecule has 2 aromatic rings. The van der Waals surface area contributed by atoms with E-state index in [9.17, 15) is 9.59 Å². The maximum Gasteiger partial charge on any atom is 0.347 e. The predicted molar refractivity (Wildman–Crippen MR) is 91.4 cm³/mol. The fourth-order valence-corrected chi connectivity index (χ4v) is 2.33. The minimum atomic E-state index is -0.862. The Balaban J connectivity index is 1.91. The van der Waals surface area contributed by atoms with Crippen LogP contribution in [0.1, 0.15) is 34.2 Å². The summed E-state index contributed by atoms with van der Waals surface area (Å²) < 4.78 is 12.4. The summed E-state index contributed by atoms with van der Waals surface area (Å²) in [5.74, 6) is -0.424. The van der Waals surface area contributed by atoms with Crippen LogP contribution >= 0.6 is 0 Å². The zero-order valence-corrected chi connectivity index (χ0v) is 14.7. The van der Waals surface area contributed by atoms with Crippen molar-refractivity contribution in [3.63, 3.8) is 0 Å². The Morgan fingerprint density at radius 2 is 1.88 bits per heavy atom. The molecule has 1 atom stereocenters. The second-order valence-corrected chi connectivity index (χ2v) is 5.77. The SMILES string of the molecule is Cc1cc(C(=O)COC(=O)[C@H](C)Oc2ccc(C#N)cc2)c(C)n1C. The van der Waals surface area contributed by atoms with E-state index in [1.54, 1.807) is 37.3 Å². The maximum atomic E-state index is 12.2. The van der Waals surface area contributed by atoms with Gasteiger partial charge in [-0.2, -0.15) is 5.26 Å². The first-order valence-electron chi connectivity index (χ1n) is 7.83. The topological polar surface area (TPSA) is 81.3 Å². The van der Waals surface area contributed by atoms with Crippen LogP contribution in [-0.2, 0) is 16.6 Å². The molecule has 0 bridgehead atoms. The molecular formula is C19H20N2O4. The number of benzene rings is 1. The molecule has 130 valence electrons. The molecule has 0 amide bonds. The molecule has 1 heterocycles.